The number of rotatable bonds is 26. The van der Waals surface area contributed by atoms with Gasteiger partial charge in [-0.25, -0.2) is 8.42 Å². The molecular formula is C52H86N8O11S. The number of carbonyl (C=O) groups is 7. The van der Waals surface area contributed by atoms with Crippen LogP contribution in [0.4, 0.5) is 0 Å². The van der Waals surface area contributed by atoms with Crippen molar-refractivity contribution in [1.29, 1.82) is 0 Å². The zero-order valence-electron chi connectivity index (χ0n) is 45.2. The molecule has 2 heterocycles. The van der Waals surface area contributed by atoms with Crippen LogP contribution in [0.2, 0.25) is 0 Å². The first-order chi connectivity index (χ1) is 33.9. The minimum Gasteiger partial charge on any atom is -0.379 e. The Hall–Kier alpha value is -4.66. The maximum absolute atomic E-state index is 14.5. The Morgan fingerprint density at radius 2 is 1.38 bits per heavy atom. The fraction of sp³-hybridized carbons (Fsp3) is 0.750. The zero-order chi connectivity index (χ0) is 53.8. The number of methoxy groups -OCH3 is 2. The highest BCUT2D eigenvalue weighted by Gasteiger charge is 2.44. The van der Waals surface area contributed by atoms with Crippen molar-refractivity contribution in [2.75, 3.05) is 62.0 Å². The van der Waals surface area contributed by atoms with E-state index < -0.39 is 75.4 Å². The lowest BCUT2D eigenvalue weighted by Crippen LogP contribution is -2.59. The fourth-order valence-corrected chi connectivity index (χ4v) is 11.9. The van der Waals surface area contributed by atoms with E-state index in [-0.39, 0.29) is 72.5 Å². The van der Waals surface area contributed by atoms with Gasteiger partial charge in [-0.05, 0) is 81.5 Å². The summed E-state index contributed by atoms with van der Waals surface area (Å²) in [5.41, 5.74) is 1.36. The lowest BCUT2D eigenvalue weighted by molar-refractivity contribution is -0.148. The van der Waals surface area contributed by atoms with Gasteiger partial charge in [-0.2, -0.15) is 0 Å². The molecule has 1 saturated carbocycles. The Morgan fingerprint density at radius 3 is 1.89 bits per heavy atom. The van der Waals surface area contributed by atoms with Crippen LogP contribution in [-0.2, 0) is 65.9 Å². The number of nitrogens with one attached hydrogen (secondary N) is 4. The van der Waals surface area contributed by atoms with E-state index in [1.807, 2.05) is 60.5 Å². The molecule has 9 atom stereocenters. The highest BCUT2D eigenvalue weighted by molar-refractivity contribution is 7.90. The summed E-state index contributed by atoms with van der Waals surface area (Å²) in [6.07, 6.45) is 2.36. The third kappa shape index (κ3) is 15.7. The Labute approximate surface area is 429 Å². The number of hydrogen-bond acceptors (Lipinski definition) is 12. The van der Waals surface area contributed by atoms with E-state index in [1.54, 1.807) is 60.0 Å². The van der Waals surface area contributed by atoms with Gasteiger partial charge in [0, 0.05) is 60.3 Å². The summed E-state index contributed by atoms with van der Waals surface area (Å²) < 4.78 is 40.2. The molecule has 1 aromatic rings. The van der Waals surface area contributed by atoms with E-state index in [1.165, 1.54) is 14.2 Å². The molecule has 3 aliphatic rings. The van der Waals surface area contributed by atoms with E-state index >= 15 is 0 Å². The fourth-order valence-electron chi connectivity index (χ4n) is 10.5. The molecule has 4 N–H and O–H groups in total. The average molecular weight is 1030 g/mol. The van der Waals surface area contributed by atoms with E-state index in [0.717, 1.165) is 5.56 Å². The zero-order valence-corrected chi connectivity index (χ0v) is 46.0. The number of amides is 7. The molecule has 2 saturated heterocycles. The van der Waals surface area contributed by atoms with Gasteiger partial charge < -0.3 is 40.1 Å². The monoisotopic (exact) mass is 1030 g/mol. The molecule has 0 radical (unpaired) electrons. The van der Waals surface area contributed by atoms with Gasteiger partial charge in [0.1, 0.15) is 12.1 Å². The molecule has 406 valence electrons. The molecule has 3 fully saturated rings. The first kappa shape index (κ1) is 59.9. The lowest BCUT2D eigenvalue weighted by Gasteiger charge is -2.41. The van der Waals surface area contributed by atoms with Crippen molar-refractivity contribution in [3.8, 4) is 0 Å². The minimum atomic E-state index is -3.96. The van der Waals surface area contributed by atoms with Gasteiger partial charge in [0.2, 0.25) is 45.5 Å². The Bertz CT molecular complexity index is 2120. The number of carbonyl (C=O) groups excluding carboxylic acids is 7. The van der Waals surface area contributed by atoms with E-state index in [0.29, 0.717) is 70.1 Å². The summed E-state index contributed by atoms with van der Waals surface area (Å²) in [6.45, 7) is 14.7. The van der Waals surface area contributed by atoms with Gasteiger partial charge in [-0.3, -0.25) is 43.2 Å². The highest BCUT2D eigenvalue weighted by atomic mass is 32.2. The predicted molar refractivity (Wildman–Crippen MR) is 274 cm³/mol. The first-order valence-electron chi connectivity index (χ1n) is 25.9. The molecule has 0 bridgehead atoms. The molecule has 72 heavy (non-hydrogen) atoms. The molecule has 1 aromatic carbocycles. The van der Waals surface area contributed by atoms with E-state index in [4.69, 9.17) is 9.47 Å². The van der Waals surface area contributed by atoms with E-state index in [2.05, 4.69) is 20.7 Å². The van der Waals surface area contributed by atoms with Crippen molar-refractivity contribution in [2.45, 2.75) is 160 Å². The lowest BCUT2D eigenvalue weighted by atomic mass is 9.89. The van der Waals surface area contributed by atoms with Crippen molar-refractivity contribution in [1.82, 2.24) is 40.3 Å². The molecule has 0 aromatic heterocycles. The molecule has 1 aliphatic carbocycles. The standard InChI is InChI=1S/C52H86N8O11S/c1-14-33(6)46(58(11)52(67)44(31(2)3)55-51(66)45(32(4)5)57(9)10)41(70-12)30-43(62)60-25-15-16-40(60)47(71-13)34(7)48(63)54-39(50(65)56-72(68,69)38-21-22-38)28-35-17-19-36(20-18-35)29-42(61)59-26-23-37(24-27-59)49(64)53-8/h17-20,31-34,37-41,44-47H,14-16,21-30H2,1-13H3,(H,53,64)(H,54,63)(H,55,66)(H,56,65)/t33-,34+,39-,40-,41+,44-,45-,46?,47+/m0/s1. The summed E-state index contributed by atoms with van der Waals surface area (Å²) in [5.74, 6) is -3.66. The van der Waals surface area contributed by atoms with E-state index in [9.17, 15) is 42.0 Å². The number of nitrogens with zero attached hydrogens (tertiary/aromatic N) is 4. The molecule has 20 heteroatoms. The van der Waals surface area contributed by atoms with Crippen molar-refractivity contribution < 1.29 is 51.5 Å². The van der Waals surface area contributed by atoms with Crippen LogP contribution in [0.5, 0.6) is 0 Å². The largest absolute Gasteiger partial charge is 0.379 e. The van der Waals surface area contributed by atoms with Crippen LogP contribution in [0.3, 0.4) is 0 Å². The van der Waals surface area contributed by atoms with Crippen LogP contribution in [0.1, 0.15) is 111 Å². The SMILES string of the molecule is CC[C@H](C)C([C@@H](CC(=O)N1CCC[C@H]1[C@H](OC)[C@@H](C)C(=O)N[C@@H](Cc1ccc(CC(=O)N2CCC(C(=O)NC)CC2)cc1)C(=O)NS(=O)(=O)C1CC1)OC)N(C)C(=O)[C@@H](NC(=O)[C@H](C(C)C)N(C)C)C(C)C. The van der Waals surface area contributed by atoms with Crippen LogP contribution in [0, 0.1) is 29.6 Å². The number of likely N-dealkylation sites (tertiary alicyclic amines) is 2. The van der Waals surface area contributed by atoms with Gasteiger partial charge in [-0.1, -0.05) is 79.2 Å². The van der Waals surface area contributed by atoms with Crippen LogP contribution < -0.4 is 20.7 Å². The quantitative estimate of drug-likeness (QED) is 0.105. The molecule has 7 amide bonds. The van der Waals surface area contributed by atoms with Crippen LogP contribution in [-0.4, -0.2) is 179 Å². The Morgan fingerprint density at radius 1 is 0.764 bits per heavy atom. The maximum Gasteiger partial charge on any atom is 0.256 e. The summed E-state index contributed by atoms with van der Waals surface area (Å²) in [6, 6.07) is 3.39. The second-order valence-electron chi connectivity index (χ2n) is 21.2. The summed E-state index contributed by atoms with van der Waals surface area (Å²) in [4.78, 5) is 103. The maximum atomic E-state index is 14.5. The van der Waals surface area contributed by atoms with Crippen molar-refractivity contribution in [3.05, 3.63) is 35.4 Å². The first-order valence-corrected chi connectivity index (χ1v) is 27.5. The molecule has 2 aliphatic heterocycles. The predicted octanol–water partition coefficient (Wildman–Crippen LogP) is 2.50. The van der Waals surface area contributed by atoms with Crippen LogP contribution in [0.15, 0.2) is 24.3 Å². The summed E-state index contributed by atoms with van der Waals surface area (Å²) in [5, 5.41) is 7.82. The average Bonchev–Trinajstić information content (AvgIpc) is 4.10. The second-order valence-corrected chi connectivity index (χ2v) is 23.2. The van der Waals surface area contributed by atoms with Crippen LogP contribution in [0.25, 0.3) is 0 Å². The van der Waals surface area contributed by atoms with Crippen molar-refractivity contribution in [3.63, 3.8) is 0 Å². The third-order valence-corrected chi connectivity index (χ3v) is 16.9. The molecular weight excluding hydrogens is 945 g/mol. The van der Waals surface area contributed by atoms with Crippen molar-refractivity contribution in [2.24, 2.45) is 29.6 Å². The van der Waals surface area contributed by atoms with Gasteiger partial charge in [-0.15, -0.1) is 0 Å². The van der Waals surface area contributed by atoms with Crippen molar-refractivity contribution >= 4 is 51.4 Å². The summed E-state index contributed by atoms with van der Waals surface area (Å²) >= 11 is 0. The summed E-state index contributed by atoms with van der Waals surface area (Å²) in [7, 11) is 5.98. The number of likely N-dealkylation sites (N-methyl/N-ethyl adjacent to an activating group) is 2. The normalized spacial score (nSPS) is 20.0. The molecule has 19 nitrogen and oxygen atoms in total. The highest BCUT2D eigenvalue weighted by Crippen LogP contribution is 2.31. The third-order valence-electron chi connectivity index (χ3n) is 15.1. The van der Waals surface area contributed by atoms with Gasteiger partial charge in [0.05, 0.1) is 54.3 Å². The number of benzene rings is 1. The minimum absolute atomic E-state index is 0.00242. The van der Waals surface area contributed by atoms with Gasteiger partial charge >= 0.3 is 0 Å². The number of sulfonamides is 1. The Kier molecular flexibility index (Phi) is 22.5. The number of hydrogen-bond donors (Lipinski definition) is 4. The molecule has 1 unspecified atom stereocenters. The van der Waals surface area contributed by atoms with Gasteiger partial charge in [0.15, 0.2) is 0 Å². The molecule has 4 rings (SSSR count). The number of piperidine rings is 1. The topological polar surface area (TPSA) is 233 Å². The smallest absolute Gasteiger partial charge is 0.256 e. The second kappa shape index (κ2) is 27.0. The molecule has 0 spiro atoms. The Balaban J connectivity index is 1.48. The van der Waals surface area contributed by atoms with Gasteiger partial charge in [0.25, 0.3) is 5.91 Å². The van der Waals surface area contributed by atoms with Crippen LogP contribution >= 0.6 is 0 Å². The number of ether oxygens (including phenoxy) is 2.